The van der Waals surface area contributed by atoms with E-state index in [9.17, 15) is 13.9 Å². The van der Waals surface area contributed by atoms with Crippen LogP contribution in [0.4, 0.5) is 24.1 Å². The van der Waals surface area contributed by atoms with Gasteiger partial charge in [-0.2, -0.15) is 9.97 Å². The number of thiazole rings is 1. The molecule has 0 aliphatic carbocycles. The Balaban J connectivity index is 1.28. The third kappa shape index (κ3) is 4.35. The van der Waals surface area contributed by atoms with Crippen molar-refractivity contribution in [2.24, 2.45) is 0 Å². The van der Waals surface area contributed by atoms with Gasteiger partial charge >= 0.3 is 6.01 Å². The van der Waals surface area contributed by atoms with Gasteiger partial charge in [0.1, 0.15) is 29.9 Å². The highest BCUT2D eigenvalue weighted by Crippen LogP contribution is 2.46. The van der Waals surface area contributed by atoms with Gasteiger partial charge in [0, 0.05) is 41.6 Å². The number of aromatic nitrogens is 3. The van der Waals surface area contributed by atoms with Crippen LogP contribution in [0.25, 0.3) is 32.2 Å². The van der Waals surface area contributed by atoms with Crippen molar-refractivity contribution in [2.45, 2.75) is 74.8 Å². The lowest BCUT2D eigenvalue weighted by Gasteiger charge is -2.38. The summed E-state index contributed by atoms with van der Waals surface area (Å²) in [6.07, 6.45) is 3.77. The maximum absolute atomic E-state index is 16.8. The topological polar surface area (TPSA) is 101 Å². The maximum Gasteiger partial charge on any atom is 0.319 e. The number of hydrogen-bond acceptors (Lipinski definition) is 9. The van der Waals surface area contributed by atoms with Gasteiger partial charge in [0.05, 0.1) is 26.9 Å². The number of piperidine rings is 1. The fraction of sp³-hybridized carbons (Fsp3) is 0.500. The van der Waals surface area contributed by atoms with E-state index in [0.717, 1.165) is 43.6 Å². The Hall–Kier alpha value is -2.93. The van der Waals surface area contributed by atoms with Crippen molar-refractivity contribution in [3.63, 3.8) is 0 Å². The predicted molar refractivity (Wildman–Crippen MR) is 161 cm³/mol. The van der Waals surface area contributed by atoms with E-state index in [-0.39, 0.29) is 56.2 Å². The Morgan fingerprint density at radius 1 is 1.14 bits per heavy atom. The lowest BCUT2D eigenvalue weighted by molar-refractivity contribution is 0.107. The van der Waals surface area contributed by atoms with Crippen LogP contribution in [-0.2, 0) is 0 Å². The molecule has 4 saturated heterocycles. The van der Waals surface area contributed by atoms with Gasteiger partial charge in [-0.3, -0.25) is 4.90 Å². The molecular formula is C30H30ClF3N6O2S. The number of alkyl halides is 1. The van der Waals surface area contributed by atoms with Crippen molar-refractivity contribution in [3.8, 4) is 17.1 Å². The first-order valence-corrected chi connectivity index (χ1v) is 15.9. The van der Waals surface area contributed by atoms with E-state index in [2.05, 4.69) is 19.8 Å². The molecule has 4 aromatic rings. The van der Waals surface area contributed by atoms with E-state index in [0.29, 0.717) is 42.6 Å². The average molecular weight is 631 g/mol. The largest absolute Gasteiger partial charge is 0.461 e. The number of fused-ring (bicyclic) bond motifs is 5. The van der Waals surface area contributed by atoms with Crippen LogP contribution in [0.15, 0.2) is 18.2 Å². The summed E-state index contributed by atoms with van der Waals surface area (Å²) in [5.74, 6) is -0.703. The molecule has 43 heavy (non-hydrogen) atoms. The zero-order valence-corrected chi connectivity index (χ0v) is 24.8. The van der Waals surface area contributed by atoms with Crippen molar-refractivity contribution in [1.82, 2.24) is 19.9 Å². The molecule has 0 amide bonds. The SMILES string of the molecule is Nc1nc2c(-c3c(Cl)cc4c(N5[C@@H]6CC[C@H]5CC(O)C6)nc(OC[C@@]56CCCN5C[C@H](F)C6)nc4c3F)ccc(F)c2s1. The molecule has 0 radical (unpaired) electrons. The van der Waals surface area contributed by atoms with Gasteiger partial charge in [-0.25, -0.2) is 18.2 Å². The number of anilines is 2. The number of nitrogen functional groups attached to an aromatic ring is 1. The Kier molecular flexibility index (Phi) is 6.45. The molecular weight excluding hydrogens is 601 g/mol. The molecule has 3 N–H and O–H groups in total. The number of nitrogens with zero attached hydrogens (tertiary/aromatic N) is 5. The minimum absolute atomic E-state index is 0.00545. The highest BCUT2D eigenvalue weighted by atomic mass is 35.5. The first-order valence-electron chi connectivity index (χ1n) is 14.7. The molecule has 4 aliphatic heterocycles. The van der Waals surface area contributed by atoms with Crippen molar-refractivity contribution in [2.75, 3.05) is 30.3 Å². The molecule has 0 spiro atoms. The Morgan fingerprint density at radius 3 is 2.72 bits per heavy atom. The molecule has 8 rings (SSSR count). The van der Waals surface area contributed by atoms with Gasteiger partial charge in [-0.15, -0.1) is 0 Å². The van der Waals surface area contributed by atoms with Crippen LogP contribution in [0, 0.1) is 11.6 Å². The number of aliphatic hydroxyl groups is 1. The van der Waals surface area contributed by atoms with Crippen molar-refractivity contribution in [1.29, 1.82) is 0 Å². The van der Waals surface area contributed by atoms with Crippen LogP contribution in [-0.4, -0.2) is 74.6 Å². The van der Waals surface area contributed by atoms with Crippen molar-refractivity contribution in [3.05, 3.63) is 34.9 Å². The molecule has 4 aliphatic rings. The van der Waals surface area contributed by atoms with Gasteiger partial charge < -0.3 is 20.5 Å². The minimum Gasteiger partial charge on any atom is -0.461 e. The van der Waals surface area contributed by atoms with Gasteiger partial charge in [0.2, 0.25) is 0 Å². The summed E-state index contributed by atoms with van der Waals surface area (Å²) in [6, 6.07) is 4.40. The number of benzene rings is 2. The number of rotatable bonds is 5. The smallest absolute Gasteiger partial charge is 0.319 e. The predicted octanol–water partition coefficient (Wildman–Crippen LogP) is 5.87. The maximum atomic E-state index is 16.8. The van der Waals surface area contributed by atoms with E-state index < -0.39 is 29.4 Å². The number of nitrogens with two attached hydrogens (primary N) is 1. The molecule has 1 unspecified atom stereocenters. The Morgan fingerprint density at radius 2 is 1.93 bits per heavy atom. The molecule has 2 aromatic heterocycles. The van der Waals surface area contributed by atoms with E-state index in [1.165, 1.54) is 12.1 Å². The quantitative estimate of drug-likeness (QED) is 0.283. The van der Waals surface area contributed by atoms with Crippen LogP contribution in [0.2, 0.25) is 5.02 Å². The average Bonchev–Trinajstić information content (AvgIpc) is 3.69. The van der Waals surface area contributed by atoms with Crippen LogP contribution in [0.5, 0.6) is 6.01 Å². The third-order valence-corrected chi connectivity index (χ3v) is 11.0. The van der Waals surface area contributed by atoms with Crippen LogP contribution < -0.4 is 15.4 Å². The van der Waals surface area contributed by atoms with E-state index >= 15 is 4.39 Å². The number of ether oxygens (including phenoxy) is 1. The number of halogens is 4. The molecule has 6 heterocycles. The van der Waals surface area contributed by atoms with Crippen LogP contribution in [0.3, 0.4) is 0 Å². The number of aliphatic hydroxyl groups excluding tert-OH is 1. The van der Waals surface area contributed by atoms with Crippen molar-refractivity contribution < 1.29 is 23.0 Å². The molecule has 0 saturated carbocycles. The molecule has 226 valence electrons. The van der Waals surface area contributed by atoms with Crippen LogP contribution in [0.1, 0.15) is 44.9 Å². The normalized spacial score (nSPS) is 28.8. The lowest BCUT2D eigenvalue weighted by atomic mass is 9.95. The number of hydrogen-bond donors (Lipinski definition) is 2. The van der Waals surface area contributed by atoms with Crippen molar-refractivity contribution >= 4 is 55.0 Å². The summed E-state index contributed by atoms with van der Waals surface area (Å²) >= 11 is 7.78. The second-order valence-electron chi connectivity index (χ2n) is 12.4. The fourth-order valence-corrected chi connectivity index (χ4v) is 9.06. The van der Waals surface area contributed by atoms with Gasteiger partial charge in [-0.05, 0) is 63.3 Å². The second kappa shape index (κ2) is 10.0. The molecule has 2 bridgehead atoms. The highest BCUT2D eigenvalue weighted by Gasteiger charge is 2.49. The molecule has 4 fully saturated rings. The second-order valence-corrected chi connectivity index (χ2v) is 13.8. The summed E-state index contributed by atoms with van der Waals surface area (Å²) in [6.45, 7) is 1.40. The standard InChI is InChI=1S/C30H30ClF3N6O2S/c31-20-10-19-24(23(34)22(20)18-4-5-21(33)26-25(18)36-28(35)43-26)37-29(42-13-30-6-1-7-39(30)12-14(32)11-30)38-27(19)40-15-2-3-16(40)9-17(41)8-15/h4-5,10,14-17,41H,1-3,6-9,11-13H2,(H2,35,36)/t14-,15-,16+,17?,30+/m1/s1. The van der Waals surface area contributed by atoms with Gasteiger partial charge in [-0.1, -0.05) is 22.9 Å². The fourth-order valence-electron chi connectivity index (χ4n) is 8.00. The molecule has 2 aromatic carbocycles. The van der Waals surface area contributed by atoms with Crippen LogP contribution >= 0.6 is 22.9 Å². The Bertz CT molecular complexity index is 1760. The summed E-state index contributed by atoms with van der Waals surface area (Å²) in [7, 11) is 0. The summed E-state index contributed by atoms with van der Waals surface area (Å²) in [5, 5.41) is 11.1. The monoisotopic (exact) mass is 630 g/mol. The van der Waals surface area contributed by atoms with E-state index in [4.69, 9.17) is 27.1 Å². The minimum atomic E-state index is -0.915. The summed E-state index contributed by atoms with van der Waals surface area (Å²) < 4.78 is 52.2. The van der Waals surface area contributed by atoms with Gasteiger partial charge in [0.25, 0.3) is 0 Å². The molecule has 5 atom stereocenters. The zero-order valence-electron chi connectivity index (χ0n) is 23.2. The summed E-state index contributed by atoms with van der Waals surface area (Å²) in [5.41, 5.74) is 6.04. The zero-order chi connectivity index (χ0) is 29.6. The van der Waals surface area contributed by atoms with Gasteiger partial charge in [0.15, 0.2) is 10.9 Å². The van der Waals surface area contributed by atoms with E-state index in [1.54, 1.807) is 6.07 Å². The lowest BCUT2D eigenvalue weighted by Crippen LogP contribution is -2.45. The summed E-state index contributed by atoms with van der Waals surface area (Å²) in [4.78, 5) is 18.0. The molecule has 8 nitrogen and oxygen atoms in total. The first-order chi connectivity index (χ1) is 20.7. The highest BCUT2D eigenvalue weighted by molar-refractivity contribution is 7.22. The Labute approximate surface area is 254 Å². The third-order valence-electron chi connectivity index (χ3n) is 9.81. The van der Waals surface area contributed by atoms with E-state index in [1.807, 2.05) is 0 Å². The first kappa shape index (κ1) is 27.6. The molecule has 13 heteroatoms.